The van der Waals surface area contributed by atoms with Gasteiger partial charge in [-0.2, -0.15) is 0 Å². The Hall–Kier alpha value is -3.62. The Morgan fingerprint density at radius 3 is 2.21 bits per heavy atom. The molecule has 0 radical (unpaired) electrons. The molecule has 34 heavy (non-hydrogen) atoms. The molecule has 0 spiro atoms. The van der Waals surface area contributed by atoms with Gasteiger partial charge in [-0.25, -0.2) is 0 Å². The second-order valence-electron chi connectivity index (χ2n) is 8.09. The molecule has 3 aromatic carbocycles. The highest BCUT2D eigenvalue weighted by molar-refractivity contribution is 6.43. The largest absolute Gasteiger partial charge is 0.497 e. The number of rotatable bonds is 10. The van der Waals surface area contributed by atoms with E-state index in [0.717, 1.165) is 22.3 Å². The molecule has 0 aliphatic carbocycles. The van der Waals surface area contributed by atoms with Gasteiger partial charge in [-0.05, 0) is 47.7 Å². The van der Waals surface area contributed by atoms with Crippen molar-refractivity contribution in [3.8, 4) is 16.9 Å². The monoisotopic (exact) mass is 460 g/mol. The summed E-state index contributed by atoms with van der Waals surface area (Å²) < 4.78 is 5.17. The SMILES string of the molecule is COc1cccc(CNC(=O)C(C)C(=O)NC(Cc2ccc(-c3ccccc3)cc2)B(O)O)c1. The highest BCUT2D eigenvalue weighted by Crippen LogP contribution is 2.20. The molecule has 3 aromatic rings. The van der Waals surface area contributed by atoms with Gasteiger partial charge < -0.3 is 25.4 Å². The van der Waals surface area contributed by atoms with Crippen LogP contribution in [0, 0.1) is 5.92 Å². The zero-order valence-corrected chi connectivity index (χ0v) is 19.3. The molecule has 0 aromatic heterocycles. The lowest BCUT2D eigenvalue weighted by atomic mass is 9.75. The Morgan fingerprint density at radius 2 is 1.56 bits per heavy atom. The molecule has 2 unspecified atom stereocenters. The van der Waals surface area contributed by atoms with Crippen LogP contribution in [0.3, 0.4) is 0 Å². The summed E-state index contributed by atoms with van der Waals surface area (Å²) in [5, 5.41) is 24.9. The third kappa shape index (κ3) is 6.94. The molecule has 0 heterocycles. The minimum absolute atomic E-state index is 0.205. The van der Waals surface area contributed by atoms with Gasteiger partial charge in [-0.3, -0.25) is 9.59 Å². The van der Waals surface area contributed by atoms with Crippen molar-refractivity contribution in [1.29, 1.82) is 0 Å². The summed E-state index contributed by atoms with van der Waals surface area (Å²) >= 11 is 0. The molecule has 0 fully saturated rings. The Bertz CT molecular complexity index is 1090. The average Bonchev–Trinajstić information content (AvgIpc) is 2.87. The number of hydrogen-bond donors (Lipinski definition) is 4. The third-order valence-electron chi connectivity index (χ3n) is 5.59. The van der Waals surface area contributed by atoms with E-state index in [9.17, 15) is 19.6 Å². The summed E-state index contributed by atoms with van der Waals surface area (Å²) in [6.07, 6.45) is 0.205. The summed E-state index contributed by atoms with van der Waals surface area (Å²) in [6, 6.07) is 24.8. The molecule has 2 amide bonds. The zero-order chi connectivity index (χ0) is 24.5. The number of methoxy groups -OCH3 is 1. The highest BCUT2D eigenvalue weighted by Gasteiger charge is 2.29. The lowest BCUT2D eigenvalue weighted by Gasteiger charge is -2.20. The van der Waals surface area contributed by atoms with E-state index in [0.29, 0.717) is 5.75 Å². The molecule has 0 saturated heterocycles. The molecule has 8 heteroatoms. The molecule has 0 aliphatic heterocycles. The first-order valence-electron chi connectivity index (χ1n) is 11.1. The van der Waals surface area contributed by atoms with Gasteiger partial charge in [0.05, 0.1) is 13.1 Å². The number of carbonyl (C=O) groups excluding carboxylic acids is 2. The van der Waals surface area contributed by atoms with E-state index >= 15 is 0 Å². The second-order valence-corrected chi connectivity index (χ2v) is 8.09. The number of benzene rings is 3. The van der Waals surface area contributed by atoms with Crippen LogP contribution in [0.5, 0.6) is 5.75 Å². The summed E-state index contributed by atoms with van der Waals surface area (Å²) in [4.78, 5) is 25.1. The van der Waals surface area contributed by atoms with Gasteiger partial charge >= 0.3 is 7.12 Å². The van der Waals surface area contributed by atoms with E-state index in [1.807, 2.05) is 66.7 Å². The lowest BCUT2D eigenvalue weighted by Crippen LogP contribution is -2.51. The molecular weight excluding hydrogens is 431 g/mol. The first-order valence-corrected chi connectivity index (χ1v) is 11.1. The fraction of sp³-hybridized carbons (Fsp3) is 0.231. The van der Waals surface area contributed by atoms with Crippen molar-refractivity contribution in [1.82, 2.24) is 10.6 Å². The minimum Gasteiger partial charge on any atom is -0.497 e. The van der Waals surface area contributed by atoms with Crippen LogP contribution in [0.25, 0.3) is 11.1 Å². The van der Waals surface area contributed by atoms with Crippen LogP contribution in [0.15, 0.2) is 78.9 Å². The maximum absolute atomic E-state index is 12.6. The number of amides is 2. The van der Waals surface area contributed by atoms with Gasteiger partial charge in [0.25, 0.3) is 0 Å². The summed E-state index contributed by atoms with van der Waals surface area (Å²) in [6.45, 7) is 1.72. The van der Waals surface area contributed by atoms with Crippen LogP contribution < -0.4 is 15.4 Å². The standard InChI is InChI=1S/C26H29BN2O5/c1-18(25(30)28-17-20-7-6-10-23(15-20)34-2)26(31)29-24(27(32)33)16-19-11-13-22(14-12-19)21-8-4-3-5-9-21/h3-15,18,24,32-33H,16-17H2,1-2H3,(H,28,30)(H,29,31). The predicted octanol–water partition coefficient (Wildman–Crippen LogP) is 2.35. The smallest absolute Gasteiger partial charge is 0.475 e. The Morgan fingerprint density at radius 1 is 0.882 bits per heavy atom. The van der Waals surface area contributed by atoms with Gasteiger partial charge in [-0.1, -0.05) is 66.7 Å². The van der Waals surface area contributed by atoms with Crippen LogP contribution in [0.2, 0.25) is 0 Å². The van der Waals surface area contributed by atoms with Crippen molar-refractivity contribution in [2.24, 2.45) is 5.92 Å². The highest BCUT2D eigenvalue weighted by atomic mass is 16.5. The van der Waals surface area contributed by atoms with Crippen LogP contribution in [0.4, 0.5) is 0 Å². The number of hydrogen-bond acceptors (Lipinski definition) is 5. The topological polar surface area (TPSA) is 108 Å². The van der Waals surface area contributed by atoms with Gasteiger partial charge in [0, 0.05) is 6.54 Å². The normalized spacial score (nSPS) is 12.4. The van der Waals surface area contributed by atoms with E-state index < -0.39 is 30.8 Å². The molecular formula is C26H29BN2O5. The Balaban J connectivity index is 1.56. The Kier molecular flexibility index (Phi) is 8.84. The molecule has 0 saturated carbocycles. The molecule has 0 bridgehead atoms. The van der Waals surface area contributed by atoms with Crippen molar-refractivity contribution in [3.63, 3.8) is 0 Å². The van der Waals surface area contributed by atoms with E-state index in [2.05, 4.69) is 10.6 Å². The van der Waals surface area contributed by atoms with Gasteiger partial charge in [0.1, 0.15) is 11.7 Å². The molecule has 176 valence electrons. The van der Waals surface area contributed by atoms with Crippen LogP contribution in [-0.4, -0.2) is 42.0 Å². The number of carbonyl (C=O) groups is 2. The van der Waals surface area contributed by atoms with Crippen molar-refractivity contribution >= 4 is 18.9 Å². The zero-order valence-electron chi connectivity index (χ0n) is 19.3. The van der Waals surface area contributed by atoms with E-state index in [4.69, 9.17) is 4.74 Å². The number of nitrogens with one attached hydrogen (secondary N) is 2. The molecule has 0 aliphatic rings. The lowest BCUT2D eigenvalue weighted by molar-refractivity contribution is -0.134. The molecule has 3 rings (SSSR count). The van der Waals surface area contributed by atoms with E-state index in [1.165, 1.54) is 6.92 Å². The maximum atomic E-state index is 12.6. The first kappa shape index (κ1) is 25.0. The quantitative estimate of drug-likeness (QED) is 0.275. The van der Waals surface area contributed by atoms with Crippen LogP contribution in [0.1, 0.15) is 18.1 Å². The Labute approximate surface area is 199 Å². The predicted molar refractivity (Wildman–Crippen MR) is 132 cm³/mol. The molecule has 2 atom stereocenters. The van der Waals surface area contributed by atoms with E-state index in [1.54, 1.807) is 19.2 Å². The van der Waals surface area contributed by atoms with Gasteiger partial charge in [-0.15, -0.1) is 0 Å². The summed E-state index contributed by atoms with van der Waals surface area (Å²) in [7, 11) is -0.210. The molecule has 7 nitrogen and oxygen atoms in total. The van der Waals surface area contributed by atoms with Gasteiger partial charge in [0.2, 0.25) is 11.8 Å². The fourth-order valence-corrected chi connectivity index (χ4v) is 3.50. The summed E-state index contributed by atoms with van der Waals surface area (Å²) in [5.41, 5.74) is 3.78. The van der Waals surface area contributed by atoms with Crippen molar-refractivity contribution in [2.45, 2.75) is 25.8 Å². The van der Waals surface area contributed by atoms with Crippen molar-refractivity contribution in [2.75, 3.05) is 7.11 Å². The maximum Gasteiger partial charge on any atom is 0.475 e. The average molecular weight is 460 g/mol. The summed E-state index contributed by atoms with van der Waals surface area (Å²) in [5.74, 6) is -2.33. The van der Waals surface area contributed by atoms with Crippen molar-refractivity contribution in [3.05, 3.63) is 90.0 Å². The van der Waals surface area contributed by atoms with Crippen LogP contribution in [-0.2, 0) is 22.6 Å². The minimum atomic E-state index is -1.77. The fourth-order valence-electron chi connectivity index (χ4n) is 3.50. The third-order valence-corrected chi connectivity index (χ3v) is 5.59. The van der Waals surface area contributed by atoms with Gasteiger partial charge in [0.15, 0.2) is 0 Å². The second kappa shape index (κ2) is 12.0. The number of ether oxygens (including phenoxy) is 1. The van der Waals surface area contributed by atoms with E-state index in [-0.39, 0.29) is 13.0 Å². The first-order chi connectivity index (χ1) is 16.4. The van der Waals surface area contributed by atoms with Crippen molar-refractivity contribution < 1.29 is 24.4 Å². The van der Waals surface area contributed by atoms with Crippen LogP contribution >= 0.6 is 0 Å². The molecule has 4 N–H and O–H groups in total.